The third-order valence-electron chi connectivity index (χ3n) is 6.90. The molecule has 1 aromatic carbocycles. The summed E-state index contributed by atoms with van der Waals surface area (Å²) < 4.78 is 62.2. The van der Waals surface area contributed by atoms with Gasteiger partial charge in [0.1, 0.15) is 0 Å². The van der Waals surface area contributed by atoms with E-state index in [0.717, 1.165) is 21.7 Å². The number of halogens is 4. The fraction of sp³-hybridized carbons (Fsp3) is 0.458. The van der Waals surface area contributed by atoms with Crippen LogP contribution in [0.3, 0.4) is 0 Å². The average molecular weight is 476 g/mol. The highest BCUT2D eigenvalue weighted by Gasteiger charge is 2.47. The summed E-state index contributed by atoms with van der Waals surface area (Å²) >= 11 is 0. The van der Waals surface area contributed by atoms with Gasteiger partial charge in [0.05, 0.1) is 24.8 Å². The quantitative estimate of drug-likeness (QED) is 0.524. The van der Waals surface area contributed by atoms with Crippen LogP contribution in [0, 0.1) is 11.9 Å². The molecule has 1 aliphatic carbocycles. The number of fused-ring (bicyclic) bond motifs is 3. The Hall–Kier alpha value is -3.01. The fourth-order valence-electron chi connectivity index (χ4n) is 5.20. The molecule has 3 heterocycles. The third-order valence-corrected chi connectivity index (χ3v) is 6.90. The van der Waals surface area contributed by atoms with Gasteiger partial charge in [-0.1, -0.05) is 38.1 Å². The Kier molecular flexibility index (Phi) is 5.20. The predicted molar refractivity (Wildman–Crippen MR) is 115 cm³/mol. The fourth-order valence-corrected chi connectivity index (χ4v) is 5.20. The van der Waals surface area contributed by atoms with E-state index in [9.17, 15) is 22.4 Å². The second kappa shape index (κ2) is 7.76. The van der Waals surface area contributed by atoms with Gasteiger partial charge < -0.3 is 9.64 Å². The molecule has 1 fully saturated rings. The van der Waals surface area contributed by atoms with Crippen molar-refractivity contribution in [1.82, 2.24) is 19.5 Å². The highest BCUT2D eigenvalue weighted by molar-refractivity contribution is 5.80. The van der Waals surface area contributed by atoms with E-state index in [4.69, 9.17) is 4.74 Å². The maximum atomic E-state index is 14.0. The Morgan fingerprint density at radius 2 is 1.91 bits per heavy atom. The molecule has 180 valence electrons. The lowest BCUT2D eigenvalue weighted by molar-refractivity contribution is -0.195. The molecule has 10 heteroatoms. The van der Waals surface area contributed by atoms with Gasteiger partial charge in [0.2, 0.25) is 11.9 Å². The van der Waals surface area contributed by atoms with Crippen molar-refractivity contribution in [3.05, 3.63) is 64.9 Å². The Labute approximate surface area is 193 Å². The molecule has 0 N–H and O–H groups in total. The molecule has 0 saturated carbocycles. The van der Waals surface area contributed by atoms with Crippen molar-refractivity contribution < 1.29 is 27.1 Å². The number of carbonyl (C=O) groups is 1. The van der Waals surface area contributed by atoms with Gasteiger partial charge in [-0.15, -0.1) is 5.10 Å². The summed E-state index contributed by atoms with van der Waals surface area (Å²) in [5.41, 5.74) is 2.61. The Morgan fingerprint density at radius 3 is 2.50 bits per heavy atom. The summed E-state index contributed by atoms with van der Waals surface area (Å²) in [5.74, 6) is -1.86. The van der Waals surface area contributed by atoms with Crippen molar-refractivity contribution in [1.29, 1.82) is 0 Å². The number of benzene rings is 1. The molecular formula is C24H24F4N4O2. The lowest BCUT2D eigenvalue weighted by Gasteiger charge is -2.35. The van der Waals surface area contributed by atoms with E-state index in [1.807, 2.05) is 13.8 Å². The molecule has 1 aliphatic heterocycles. The highest BCUT2D eigenvalue weighted by atomic mass is 19.4. The molecule has 0 spiro atoms. The van der Waals surface area contributed by atoms with Crippen LogP contribution in [0.5, 0.6) is 0 Å². The van der Waals surface area contributed by atoms with Crippen LogP contribution in [0.2, 0.25) is 0 Å². The molecule has 1 amide bonds. The zero-order chi connectivity index (χ0) is 24.4. The lowest BCUT2D eigenvalue weighted by atomic mass is 9.86. The SMILES string of the molecule is CN(C(=O)C1COC1)C(c1ccc(C2CC(C)(C)c3c2cnc2cc(F)nn32)cc1)C(F)(F)F. The van der Waals surface area contributed by atoms with Crippen molar-refractivity contribution in [3.8, 4) is 0 Å². The van der Waals surface area contributed by atoms with Crippen LogP contribution in [0.15, 0.2) is 36.5 Å². The predicted octanol–water partition coefficient (Wildman–Crippen LogP) is 4.39. The monoisotopic (exact) mass is 476 g/mol. The van der Waals surface area contributed by atoms with Gasteiger partial charge in [-0.05, 0) is 17.5 Å². The van der Waals surface area contributed by atoms with Crippen molar-refractivity contribution in [3.63, 3.8) is 0 Å². The minimum atomic E-state index is -4.63. The van der Waals surface area contributed by atoms with Crippen molar-refractivity contribution in [2.75, 3.05) is 20.3 Å². The van der Waals surface area contributed by atoms with Crippen LogP contribution in [0.4, 0.5) is 17.6 Å². The molecule has 3 aromatic rings. The molecule has 2 atom stereocenters. The van der Waals surface area contributed by atoms with E-state index in [0.29, 0.717) is 12.1 Å². The van der Waals surface area contributed by atoms with Gasteiger partial charge in [-0.25, -0.2) is 9.50 Å². The summed E-state index contributed by atoms with van der Waals surface area (Å²) in [4.78, 5) is 17.6. The number of hydrogen-bond acceptors (Lipinski definition) is 4. The number of carbonyl (C=O) groups excluding carboxylic acids is 1. The van der Waals surface area contributed by atoms with Crippen LogP contribution in [0.25, 0.3) is 5.65 Å². The van der Waals surface area contributed by atoms with Gasteiger partial charge >= 0.3 is 6.18 Å². The molecule has 34 heavy (non-hydrogen) atoms. The molecule has 2 unspecified atom stereocenters. The lowest BCUT2D eigenvalue weighted by Crippen LogP contribution is -2.47. The summed E-state index contributed by atoms with van der Waals surface area (Å²) in [5, 5.41) is 3.95. The van der Waals surface area contributed by atoms with E-state index < -0.39 is 30.0 Å². The summed E-state index contributed by atoms with van der Waals surface area (Å²) in [6.45, 7) is 4.35. The third kappa shape index (κ3) is 3.64. The van der Waals surface area contributed by atoms with Gasteiger partial charge in [-0.3, -0.25) is 4.79 Å². The average Bonchev–Trinajstić information content (AvgIpc) is 3.22. The smallest absolute Gasteiger partial charge is 0.380 e. The van der Waals surface area contributed by atoms with Crippen LogP contribution < -0.4 is 0 Å². The Balaban J connectivity index is 1.48. The first kappa shape index (κ1) is 22.8. The highest BCUT2D eigenvalue weighted by Crippen LogP contribution is 2.48. The Morgan fingerprint density at radius 1 is 1.24 bits per heavy atom. The number of alkyl halides is 3. The number of hydrogen-bond donors (Lipinski definition) is 0. The van der Waals surface area contributed by atoms with Crippen LogP contribution >= 0.6 is 0 Å². The van der Waals surface area contributed by atoms with E-state index in [1.165, 1.54) is 29.8 Å². The van der Waals surface area contributed by atoms with Crippen LogP contribution in [-0.2, 0) is 14.9 Å². The molecule has 1 saturated heterocycles. The van der Waals surface area contributed by atoms with Crippen LogP contribution in [-0.4, -0.2) is 51.8 Å². The van der Waals surface area contributed by atoms with Crippen LogP contribution in [0.1, 0.15) is 54.6 Å². The van der Waals surface area contributed by atoms with Crippen molar-refractivity contribution in [2.24, 2.45) is 5.92 Å². The maximum absolute atomic E-state index is 14.0. The largest absolute Gasteiger partial charge is 0.413 e. The topological polar surface area (TPSA) is 59.7 Å². The first-order valence-corrected chi connectivity index (χ1v) is 11.0. The summed E-state index contributed by atoms with van der Waals surface area (Å²) in [6, 6.07) is 5.42. The second-order valence-electron chi connectivity index (χ2n) is 9.73. The van der Waals surface area contributed by atoms with E-state index in [1.54, 1.807) is 18.3 Å². The number of nitrogens with zero attached hydrogens (tertiary/aromatic N) is 4. The molecular weight excluding hydrogens is 452 g/mol. The standard InChI is InChI=1S/C24H24F4N4O2/c1-23(2)9-16(17-10-29-19-8-18(25)30-32(19)21(17)23)13-4-6-14(7-5-13)20(24(26,27)28)31(3)22(33)15-11-34-12-15/h4-8,10,15-16,20H,9,11-12H2,1-3H3. The molecule has 2 aliphatic rings. The normalized spacial score (nSPS) is 20.7. The molecule has 2 aromatic heterocycles. The number of rotatable bonds is 4. The van der Waals surface area contributed by atoms with Gasteiger partial charge in [0.15, 0.2) is 11.7 Å². The first-order valence-electron chi connectivity index (χ1n) is 11.0. The number of amides is 1. The van der Waals surface area contributed by atoms with E-state index in [-0.39, 0.29) is 30.1 Å². The van der Waals surface area contributed by atoms with Crippen molar-refractivity contribution >= 4 is 11.6 Å². The molecule has 0 radical (unpaired) electrons. The minimum absolute atomic E-state index is 0.00690. The van der Waals surface area contributed by atoms with Crippen molar-refractivity contribution in [2.45, 2.75) is 43.8 Å². The molecule has 0 bridgehead atoms. The number of ether oxygens (including phenoxy) is 1. The van der Waals surface area contributed by atoms with E-state index >= 15 is 0 Å². The first-order chi connectivity index (χ1) is 16.0. The van der Waals surface area contributed by atoms with E-state index in [2.05, 4.69) is 10.1 Å². The second-order valence-corrected chi connectivity index (χ2v) is 9.73. The summed E-state index contributed by atoms with van der Waals surface area (Å²) in [7, 11) is 1.18. The zero-order valence-electron chi connectivity index (χ0n) is 18.9. The molecule has 6 nitrogen and oxygen atoms in total. The minimum Gasteiger partial charge on any atom is -0.380 e. The Bertz CT molecular complexity index is 1250. The van der Waals surface area contributed by atoms with Gasteiger partial charge in [-0.2, -0.15) is 17.6 Å². The molecule has 5 rings (SSSR count). The summed E-state index contributed by atoms with van der Waals surface area (Å²) in [6.07, 6.45) is -2.25. The maximum Gasteiger partial charge on any atom is 0.413 e. The van der Waals surface area contributed by atoms with Gasteiger partial charge in [0, 0.05) is 36.2 Å². The van der Waals surface area contributed by atoms with Gasteiger partial charge in [0.25, 0.3) is 0 Å². The zero-order valence-corrected chi connectivity index (χ0v) is 18.9. The number of aromatic nitrogens is 3.